The van der Waals surface area contributed by atoms with Crippen molar-refractivity contribution in [2.75, 3.05) is 13.1 Å². The SMILES string of the molecule is Clc1ccc2c(c1)C=C(N1CCCC1)c1ccccc1S2. The van der Waals surface area contributed by atoms with Gasteiger partial charge in [-0.25, -0.2) is 0 Å². The third-order valence-electron chi connectivity index (χ3n) is 4.09. The molecule has 0 spiro atoms. The molecule has 3 heteroatoms. The van der Waals surface area contributed by atoms with Crippen molar-refractivity contribution < 1.29 is 0 Å². The smallest absolute Gasteiger partial charge is 0.0457 e. The average Bonchev–Trinajstić information content (AvgIpc) is 2.97. The van der Waals surface area contributed by atoms with Gasteiger partial charge in [0.05, 0.1) is 0 Å². The van der Waals surface area contributed by atoms with Crippen molar-refractivity contribution in [3.05, 3.63) is 58.6 Å². The fraction of sp³-hybridized carbons (Fsp3) is 0.222. The molecule has 2 aromatic carbocycles. The molecule has 1 fully saturated rings. The number of halogens is 1. The normalized spacial score (nSPS) is 17.0. The third kappa shape index (κ3) is 2.47. The predicted molar refractivity (Wildman–Crippen MR) is 90.7 cm³/mol. The van der Waals surface area contributed by atoms with Gasteiger partial charge in [0, 0.05) is 39.2 Å². The number of nitrogens with zero attached hydrogens (tertiary/aromatic N) is 1. The van der Waals surface area contributed by atoms with Gasteiger partial charge in [0.2, 0.25) is 0 Å². The van der Waals surface area contributed by atoms with Crippen molar-refractivity contribution in [1.82, 2.24) is 4.90 Å². The summed E-state index contributed by atoms with van der Waals surface area (Å²) in [5, 5.41) is 0.803. The molecular weight excluding hydrogens is 298 g/mol. The van der Waals surface area contributed by atoms with Crippen LogP contribution in [0.25, 0.3) is 11.8 Å². The maximum atomic E-state index is 6.20. The molecule has 0 atom stereocenters. The predicted octanol–water partition coefficient (Wildman–Crippen LogP) is 5.40. The highest BCUT2D eigenvalue weighted by atomic mass is 35.5. The summed E-state index contributed by atoms with van der Waals surface area (Å²) in [7, 11) is 0. The van der Waals surface area contributed by atoms with Crippen LogP contribution in [-0.4, -0.2) is 18.0 Å². The van der Waals surface area contributed by atoms with Crippen LogP contribution in [0.3, 0.4) is 0 Å². The molecule has 0 radical (unpaired) electrons. The second kappa shape index (κ2) is 5.43. The van der Waals surface area contributed by atoms with Crippen molar-refractivity contribution in [3.8, 4) is 0 Å². The van der Waals surface area contributed by atoms with Gasteiger partial charge in [-0.1, -0.05) is 41.6 Å². The van der Waals surface area contributed by atoms with Crippen LogP contribution in [0, 0.1) is 0 Å². The molecular formula is C18H16ClNS. The molecule has 2 aliphatic heterocycles. The number of likely N-dealkylation sites (tertiary alicyclic amines) is 1. The Kier molecular flexibility index (Phi) is 3.44. The van der Waals surface area contributed by atoms with Gasteiger partial charge in [-0.2, -0.15) is 0 Å². The molecule has 1 nitrogen and oxygen atoms in total. The summed E-state index contributed by atoms with van der Waals surface area (Å²) < 4.78 is 0. The van der Waals surface area contributed by atoms with Crippen LogP contribution in [0.4, 0.5) is 0 Å². The summed E-state index contributed by atoms with van der Waals surface area (Å²) >= 11 is 8.03. The Balaban J connectivity index is 1.91. The van der Waals surface area contributed by atoms with Crippen molar-refractivity contribution in [3.63, 3.8) is 0 Å². The highest BCUT2D eigenvalue weighted by Gasteiger charge is 2.22. The number of fused-ring (bicyclic) bond motifs is 2. The van der Waals surface area contributed by atoms with Crippen LogP contribution in [0.5, 0.6) is 0 Å². The highest BCUT2D eigenvalue weighted by Crippen LogP contribution is 2.42. The molecule has 0 aliphatic carbocycles. The second-order valence-corrected chi connectivity index (χ2v) is 7.02. The van der Waals surface area contributed by atoms with E-state index in [1.54, 1.807) is 0 Å². The number of hydrogen-bond acceptors (Lipinski definition) is 2. The summed E-state index contributed by atoms with van der Waals surface area (Å²) in [5.74, 6) is 0. The van der Waals surface area contributed by atoms with Gasteiger partial charge in [-0.05, 0) is 48.7 Å². The topological polar surface area (TPSA) is 3.24 Å². The van der Waals surface area contributed by atoms with E-state index in [0.29, 0.717) is 0 Å². The Morgan fingerprint density at radius 2 is 1.76 bits per heavy atom. The van der Waals surface area contributed by atoms with Crippen molar-refractivity contribution in [1.29, 1.82) is 0 Å². The van der Waals surface area contributed by atoms with E-state index >= 15 is 0 Å². The minimum atomic E-state index is 0.803. The van der Waals surface area contributed by atoms with Gasteiger partial charge in [-0.15, -0.1) is 0 Å². The minimum Gasteiger partial charge on any atom is -0.371 e. The lowest BCUT2D eigenvalue weighted by Gasteiger charge is -2.22. The lowest BCUT2D eigenvalue weighted by molar-refractivity contribution is 0.494. The van der Waals surface area contributed by atoms with Crippen LogP contribution in [0.15, 0.2) is 52.3 Å². The number of rotatable bonds is 1. The summed E-state index contributed by atoms with van der Waals surface area (Å²) in [4.78, 5) is 5.12. The lowest BCUT2D eigenvalue weighted by Crippen LogP contribution is -2.17. The van der Waals surface area contributed by atoms with Crippen LogP contribution in [-0.2, 0) is 0 Å². The van der Waals surface area contributed by atoms with Crippen LogP contribution in [0.2, 0.25) is 5.02 Å². The van der Waals surface area contributed by atoms with Gasteiger partial charge in [0.15, 0.2) is 0 Å². The maximum absolute atomic E-state index is 6.20. The van der Waals surface area contributed by atoms with E-state index in [1.807, 2.05) is 17.8 Å². The fourth-order valence-electron chi connectivity index (χ4n) is 3.06. The molecule has 1 saturated heterocycles. The Labute approximate surface area is 134 Å². The molecule has 2 aromatic rings. The van der Waals surface area contributed by atoms with Crippen molar-refractivity contribution in [2.24, 2.45) is 0 Å². The van der Waals surface area contributed by atoms with E-state index in [4.69, 9.17) is 11.6 Å². The monoisotopic (exact) mass is 313 g/mol. The largest absolute Gasteiger partial charge is 0.371 e. The Morgan fingerprint density at radius 1 is 0.952 bits per heavy atom. The molecule has 0 unspecified atom stereocenters. The summed E-state index contributed by atoms with van der Waals surface area (Å²) in [6.07, 6.45) is 4.88. The number of hydrogen-bond donors (Lipinski definition) is 0. The summed E-state index contributed by atoms with van der Waals surface area (Å²) in [6.45, 7) is 2.31. The molecule has 2 aliphatic rings. The zero-order valence-electron chi connectivity index (χ0n) is 11.7. The van der Waals surface area contributed by atoms with E-state index in [0.717, 1.165) is 18.1 Å². The molecule has 106 valence electrons. The first-order chi connectivity index (χ1) is 10.3. The van der Waals surface area contributed by atoms with E-state index in [-0.39, 0.29) is 0 Å². The van der Waals surface area contributed by atoms with Crippen molar-refractivity contribution >= 4 is 35.1 Å². The van der Waals surface area contributed by atoms with Crippen LogP contribution < -0.4 is 0 Å². The second-order valence-electron chi connectivity index (χ2n) is 5.50. The first kappa shape index (κ1) is 13.3. The van der Waals surface area contributed by atoms with E-state index in [9.17, 15) is 0 Å². The van der Waals surface area contributed by atoms with E-state index in [1.165, 1.54) is 39.5 Å². The van der Waals surface area contributed by atoms with Gasteiger partial charge in [0.1, 0.15) is 0 Å². The standard InChI is InChI=1S/C18H16ClNS/c19-14-7-8-17-13(11-14)12-16(20-9-3-4-10-20)15-5-1-2-6-18(15)21-17/h1-2,5-8,11-12H,3-4,9-10H2. The van der Waals surface area contributed by atoms with Gasteiger partial charge < -0.3 is 4.90 Å². The van der Waals surface area contributed by atoms with E-state index < -0.39 is 0 Å². The Bertz CT molecular complexity index is 717. The maximum Gasteiger partial charge on any atom is 0.0457 e. The Morgan fingerprint density at radius 3 is 2.62 bits per heavy atom. The molecule has 2 heterocycles. The Hall–Kier alpha value is -1.38. The molecule has 21 heavy (non-hydrogen) atoms. The minimum absolute atomic E-state index is 0.803. The van der Waals surface area contributed by atoms with Gasteiger partial charge in [-0.3, -0.25) is 0 Å². The highest BCUT2D eigenvalue weighted by molar-refractivity contribution is 7.99. The molecule has 0 aromatic heterocycles. The first-order valence-corrected chi connectivity index (χ1v) is 8.54. The third-order valence-corrected chi connectivity index (χ3v) is 5.50. The zero-order chi connectivity index (χ0) is 14.2. The molecule has 4 rings (SSSR count). The quantitative estimate of drug-likeness (QED) is 0.693. The summed E-state index contributed by atoms with van der Waals surface area (Å²) in [6, 6.07) is 14.9. The fourth-order valence-corrected chi connectivity index (χ4v) is 4.27. The molecule has 0 bridgehead atoms. The van der Waals surface area contributed by atoms with Crippen LogP contribution in [0.1, 0.15) is 24.0 Å². The van der Waals surface area contributed by atoms with Crippen LogP contribution >= 0.6 is 23.4 Å². The average molecular weight is 314 g/mol. The molecule has 0 saturated carbocycles. The van der Waals surface area contributed by atoms with Gasteiger partial charge in [0.25, 0.3) is 0 Å². The first-order valence-electron chi connectivity index (χ1n) is 7.35. The van der Waals surface area contributed by atoms with Crippen molar-refractivity contribution in [2.45, 2.75) is 22.6 Å². The molecule has 0 amide bonds. The van der Waals surface area contributed by atoms with Gasteiger partial charge >= 0.3 is 0 Å². The number of benzene rings is 2. The molecule has 0 N–H and O–H groups in total. The summed E-state index contributed by atoms with van der Waals surface area (Å²) in [5.41, 5.74) is 3.92. The lowest BCUT2D eigenvalue weighted by atomic mass is 10.1. The zero-order valence-corrected chi connectivity index (χ0v) is 13.3. The van der Waals surface area contributed by atoms with E-state index in [2.05, 4.69) is 47.4 Å².